The Bertz CT molecular complexity index is 950. The van der Waals surface area contributed by atoms with Crippen LogP contribution < -0.4 is 4.57 Å². The van der Waals surface area contributed by atoms with Gasteiger partial charge in [0.15, 0.2) is 5.52 Å². The first kappa shape index (κ1) is 16.3. The van der Waals surface area contributed by atoms with Gasteiger partial charge in [0, 0.05) is 0 Å². The lowest BCUT2D eigenvalue weighted by atomic mass is 9.96. The lowest BCUT2D eigenvalue weighted by molar-refractivity contribution is -0.661. The smallest absolute Gasteiger partial charge is 0.232 e. The fourth-order valence-electron chi connectivity index (χ4n) is 4.26. The molecule has 0 N–H and O–H groups in total. The van der Waals surface area contributed by atoms with E-state index in [4.69, 9.17) is 4.98 Å². The molecule has 0 radical (unpaired) electrons. The summed E-state index contributed by atoms with van der Waals surface area (Å²) in [5.41, 5.74) is 7.77. The van der Waals surface area contributed by atoms with Crippen LogP contribution in [0.4, 0.5) is 0 Å². The summed E-state index contributed by atoms with van der Waals surface area (Å²) in [7, 11) is 2.10. The van der Waals surface area contributed by atoms with Crippen LogP contribution in [0.1, 0.15) is 53.9 Å². The number of aromatic nitrogens is 2. The van der Waals surface area contributed by atoms with Crippen LogP contribution in [0, 0.1) is 20.8 Å². The van der Waals surface area contributed by atoms with Crippen LogP contribution in [0.3, 0.4) is 0 Å². The number of rotatable bonds is 2. The predicted molar refractivity (Wildman–Crippen MR) is 104 cm³/mol. The van der Waals surface area contributed by atoms with Gasteiger partial charge in [-0.1, -0.05) is 25.0 Å². The van der Waals surface area contributed by atoms with Gasteiger partial charge < -0.3 is 0 Å². The van der Waals surface area contributed by atoms with Crippen LogP contribution in [-0.4, -0.2) is 4.98 Å². The number of benzene rings is 2. The molecule has 0 bridgehead atoms. The van der Waals surface area contributed by atoms with Gasteiger partial charge in [-0.05, 0) is 85.0 Å². The molecule has 0 spiro atoms. The highest BCUT2D eigenvalue weighted by molar-refractivity contribution is 5.79. The van der Waals surface area contributed by atoms with Gasteiger partial charge in [-0.15, -0.1) is 0 Å². The Balaban J connectivity index is 1.88. The standard InChI is InChI=1S/C23H27N2/c1-15-11-16(2)17(3)21(12-15)23-24-22-13-19(18-7-5-6-8-18)9-10-20(22)14-25(23)4/h9-14,18H,5-8H2,1-4H3/q+1. The van der Waals surface area contributed by atoms with Crippen LogP contribution in [0.2, 0.25) is 0 Å². The molecule has 1 saturated carbocycles. The van der Waals surface area contributed by atoms with Crippen molar-refractivity contribution in [3.05, 3.63) is 58.8 Å². The summed E-state index contributed by atoms with van der Waals surface area (Å²) in [6.07, 6.45) is 7.61. The second kappa shape index (κ2) is 6.25. The number of nitrogens with zero attached hydrogens (tertiary/aromatic N) is 2. The lowest BCUT2D eigenvalue weighted by Crippen LogP contribution is -2.32. The molecule has 0 atom stereocenters. The third-order valence-electron chi connectivity index (χ3n) is 5.83. The summed E-state index contributed by atoms with van der Waals surface area (Å²) in [4.78, 5) is 5.08. The molecule has 0 amide bonds. The molecule has 0 saturated heterocycles. The number of fused-ring (bicyclic) bond motifs is 1. The highest BCUT2D eigenvalue weighted by Crippen LogP contribution is 2.35. The number of hydrogen-bond donors (Lipinski definition) is 0. The van der Waals surface area contributed by atoms with E-state index in [1.165, 1.54) is 58.9 Å². The molecule has 3 aromatic rings. The number of aryl methyl sites for hydroxylation is 3. The Morgan fingerprint density at radius 2 is 1.76 bits per heavy atom. The molecule has 1 aliphatic carbocycles. The average Bonchev–Trinajstić information content (AvgIpc) is 3.12. The first-order valence-electron chi connectivity index (χ1n) is 9.41. The van der Waals surface area contributed by atoms with Crippen molar-refractivity contribution < 1.29 is 4.57 Å². The van der Waals surface area contributed by atoms with E-state index < -0.39 is 0 Å². The summed E-state index contributed by atoms with van der Waals surface area (Å²) >= 11 is 0. The van der Waals surface area contributed by atoms with E-state index in [-0.39, 0.29) is 0 Å². The van der Waals surface area contributed by atoms with Crippen molar-refractivity contribution in [3.63, 3.8) is 0 Å². The van der Waals surface area contributed by atoms with E-state index >= 15 is 0 Å². The van der Waals surface area contributed by atoms with Gasteiger partial charge in [0.2, 0.25) is 0 Å². The third kappa shape index (κ3) is 2.95. The minimum atomic E-state index is 0.728. The summed E-state index contributed by atoms with van der Waals surface area (Å²) in [6.45, 7) is 6.55. The zero-order valence-corrected chi connectivity index (χ0v) is 15.8. The fraction of sp³-hybridized carbons (Fsp3) is 0.391. The SMILES string of the molecule is Cc1cc(C)c(C)c(-c2nc3cc(C4CCCC4)ccc3c[n+]2C)c1. The largest absolute Gasteiger partial charge is 0.331 e. The Morgan fingerprint density at radius 3 is 2.52 bits per heavy atom. The Hall–Kier alpha value is -2.22. The van der Waals surface area contributed by atoms with Gasteiger partial charge in [0.1, 0.15) is 6.20 Å². The topological polar surface area (TPSA) is 16.8 Å². The summed E-state index contributed by atoms with van der Waals surface area (Å²) < 4.78 is 2.17. The zero-order valence-electron chi connectivity index (χ0n) is 15.8. The average molecular weight is 331 g/mol. The molecule has 2 nitrogen and oxygen atoms in total. The van der Waals surface area contributed by atoms with Crippen molar-refractivity contribution in [2.24, 2.45) is 7.05 Å². The lowest BCUT2D eigenvalue weighted by Gasteiger charge is -2.11. The maximum atomic E-state index is 5.08. The summed E-state index contributed by atoms with van der Waals surface area (Å²) in [6, 6.07) is 11.4. The van der Waals surface area contributed by atoms with Crippen molar-refractivity contribution >= 4 is 10.9 Å². The van der Waals surface area contributed by atoms with Gasteiger partial charge in [0.25, 0.3) is 0 Å². The normalized spacial score (nSPS) is 15.2. The Labute approximate surface area is 150 Å². The molecular weight excluding hydrogens is 304 g/mol. The molecule has 2 heteroatoms. The highest BCUT2D eigenvalue weighted by Gasteiger charge is 2.21. The van der Waals surface area contributed by atoms with Crippen molar-refractivity contribution in [2.45, 2.75) is 52.4 Å². The van der Waals surface area contributed by atoms with E-state index in [2.05, 4.69) is 68.9 Å². The third-order valence-corrected chi connectivity index (χ3v) is 5.83. The molecule has 128 valence electrons. The summed E-state index contributed by atoms with van der Waals surface area (Å²) in [5.74, 6) is 1.78. The molecule has 25 heavy (non-hydrogen) atoms. The van der Waals surface area contributed by atoms with Crippen LogP contribution in [0.15, 0.2) is 36.5 Å². The van der Waals surface area contributed by atoms with Gasteiger partial charge in [0.05, 0.1) is 18.0 Å². The van der Waals surface area contributed by atoms with Crippen molar-refractivity contribution in [1.29, 1.82) is 0 Å². The van der Waals surface area contributed by atoms with Crippen molar-refractivity contribution in [2.75, 3.05) is 0 Å². The highest BCUT2D eigenvalue weighted by atomic mass is 15.0. The van der Waals surface area contributed by atoms with Crippen molar-refractivity contribution in [3.8, 4) is 11.4 Å². The van der Waals surface area contributed by atoms with Gasteiger partial charge in [-0.2, -0.15) is 0 Å². The summed E-state index contributed by atoms with van der Waals surface area (Å²) in [5, 5.41) is 1.22. The molecule has 1 aromatic heterocycles. The fourth-order valence-corrected chi connectivity index (χ4v) is 4.26. The molecule has 1 heterocycles. The van der Waals surface area contributed by atoms with E-state index in [9.17, 15) is 0 Å². The molecule has 0 aliphatic heterocycles. The van der Waals surface area contributed by atoms with Gasteiger partial charge in [-0.3, -0.25) is 0 Å². The Morgan fingerprint density at radius 1 is 1.00 bits per heavy atom. The van der Waals surface area contributed by atoms with Gasteiger partial charge in [-0.25, -0.2) is 4.57 Å². The van der Waals surface area contributed by atoms with Crippen LogP contribution in [0.25, 0.3) is 22.3 Å². The van der Waals surface area contributed by atoms with Crippen LogP contribution in [-0.2, 0) is 7.05 Å². The van der Waals surface area contributed by atoms with E-state index in [1.54, 1.807) is 0 Å². The maximum absolute atomic E-state index is 5.08. The minimum absolute atomic E-state index is 0.728. The number of hydrogen-bond acceptors (Lipinski definition) is 1. The molecular formula is C23H27N2+. The second-order valence-corrected chi connectivity index (χ2v) is 7.73. The first-order chi connectivity index (χ1) is 12.0. The maximum Gasteiger partial charge on any atom is 0.331 e. The molecule has 1 fully saturated rings. The minimum Gasteiger partial charge on any atom is -0.232 e. The molecule has 4 rings (SSSR count). The van der Waals surface area contributed by atoms with Gasteiger partial charge >= 0.3 is 5.82 Å². The van der Waals surface area contributed by atoms with E-state index in [1.807, 2.05) is 0 Å². The first-order valence-corrected chi connectivity index (χ1v) is 9.41. The second-order valence-electron chi connectivity index (χ2n) is 7.73. The van der Waals surface area contributed by atoms with Crippen LogP contribution >= 0.6 is 0 Å². The quantitative estimate of drug-likeness (QED) is 0.582. The van der Waals surface area contributed by atoms with E-state index in [0.717, 1.165) is 17.3 Å². The van der Waals surface area contributed by atoms with Crippen LogP contribution in [0.5, 0.6) is 0 Å². The molecule has 2 aromatic carbocycles. The molecule has 0 unspecified atom stereocenters. The monoisotopic (exact) mass is 331 g/mol. The molecule has 1 aliphatic rings. The zero-order chi connectivity index (χ0) is 17.6. The Kier molecular flexibility index (Phi) is 4.07. The predicted octanol–water partition coefficient (Wildman–Crippen LogP) is 5.31. The van der Waals surface area contributed by atoms with E-state index in [0.29, 0.717) is 0 Å². The van der Waals surface area contributed by atoms with Crippen molar-refractivity contribution in [1.82, 2.24) is 4.98 Å².